The number of nitrogens with zero attached hydrogens (tertiary/aromatic N) is 3. The van der Waals surface area contributed by atoms with Crippen molar-refractivity contribution in [3.8, 4) is 11.4 Å². The molecule has 0 fully saturated rings. The van der Waals surface area contributed by atoms with Crippen LogP contribution in [-0.4, -0.2) is 26.4 Å². The molecule has 162 valence electrons. The highest BCUT2D eigenvalue weighted by atomic mass is 32.2. The molecule has 1 heterocycles. The van der Waals surface area contributed by atoms with E-state index in [0.29, 0.717) is 11.7 Å². The number of thioether (sulfide) groups is 1. The average molecular weight is 443 g/mol. The highest BCUT2D eigenvalue weighted by molar-refractivity contribution is 7.99. The lowest BCUT2D eigenvalue weighted by atomic mass is 10.0. The second kappa shape index (κ2) is 9.83. The van der Waals surface area contributed by atoms with Gasteiger partial charge in [-0.05, 0) is 42.3 Å². The van der Waals surface area contributed by atoms with Gasteiger partial charge < -0.3 is 5.32 Å². The summed E-state index contributed by atoms with van der Waals surface area (Å²) >= 11 is 1.38. The van der Waals surface area contributed by atoms with E-state index in [0.717, 1.165) is 22.5 Å². The van der Waals surface area contributed by atoms with Gasteiger partial charge in [-0.1, -0.05) is 78.0 Å². The van der Waals surface area contributed by atoms with E-state index in [2.05, 4.69) is 71.5 Å². The Morgan fingerprint density at radius 1 is 1.09 bits per heavy atom. The third kappa shape index (κ3) is 4.92. The van der Waals surface area contributed by atoms with Crippen molar-refractivity contribution in [2.75, 3.05) is 5.75 Å². The zero-order valence-electron chi connectivity index (χ0n) is 18.3. The Hall–Kier alpha value is -3.38. The van der Waals surface area contributed by atoms with Gasteiger partial charge in [0.25, 0.3) is 0 Å². The number of allylic oxidation sites excluding steroid dienone is 1. The standard InChI is InChI=1S/C26H26N4OS/c1-4-14-30-25(23-11-7-8-18(2)15-23)28-29-26(30)32-17-24(31)27-19(3)21-13-12-20-9-5-6-10-22(20)16-21/h4-13,15-16,19H,1,14,17H2,2-3H3,(H,27,31). The molecule has 0 aliphatic heterocycles. The van der Waals surface area contributed by atoms with E-state index in [4.69, 9.17) is 0 Å². The second-order valence-corrected chi connectivity index (χ2v) is 8.70. The number of fused-ring (bicyclic) bond motifs is 1. The third-order valence-electron chi connectivity index (χ3n) is 5.29. The van der Waals surface area contributed by atoms with Gasteiger partial charge in [-0.2, -0.15) is 0 Å². The average Bonchev–Trinajstić information content (AvgIpc) is 3.20. The molecule has 3 aromatic carbocycles. The smallest absolute Gasteiger partial charge is 0.230 e. The second-order valence-electron chi connectivity index (χ2n) is 7.76. The first-order valence-electron chi connectivity index (χ1n) is 10.6. The quantitative estimate of drug-likeness (QED) is 0.287. The maximum absolute atomic E-state index is 12.6. The van der Waals surface area contributed by atoms with E-state index in [1.807, 2.05) is 41.8 Å². The van der Waals surface area contributed by atoms with Crippen LogP contribution in [0.4, 0.5) is 0 Å². The molecule has 0 radical (unpaired) electrons. The van der Waals surface area contributed by atoms with Gasteiger partial charge in [-0.25, -0.2) is 0 Å². The van der Waals surface area contributed by atoms with Gasteiger partial charge in [-0.15, -0.1) is 16.8 Å². The van der Waals surface area contributed by atoms with Gasteiger partial charge in [0.1, 0.15) is 0 Å². The predicted molar refractivity (Wildman–Crippen MR) is 132 cm³/mol. The van der Waals surface area contributed by atoms with E-state index < -0.39 is 0 Å². The number of hydrogen-bond acceptors (Lipinski definition) is 4. The summed E-state index contributed by atoms with van der Waals surface area (Å²) in [5.74, 6) is 1.00. The van der Waals surface area contributed by atoms with Crippen molar-refractivity contribution in [3.63, 3.8) is 0 Å². The van der Waals surface area contributed by atoms with Crippen molar-refractivity contribution in [1.29, 1.82) is 0 Å². The maximum Gasteiger partial charge on any atom is 0.230 e. The molecule has 0 bridgehead atoms. The molecule has 0 saturated heterocycles. The summed E-state index contributed by atoms with van der Waals surface area (Å²) in [6, 6.07) is 22.6. The van der Waals surface area contributed by atoms with Crippen molar-refractivity contribution in [2.45, 2.75) is 31.6 Å². The van der Waals surface area contributed by atoms with Gasteiger partial charge in [-0.3, -0.25) is 9.36 Å². The van der Waals surface area contributed by atoms with Crippen LogP contribution in [0.3, 0.4) is 0 Å². The lowest BCUT2D eigenvalue weighted by Gasteiger charge is -2.15. The number of amides is 1. The Kier molecular flexibility index (Phi) is 6.71. The number of rotatable bonds is 8. The molecule has 5 nitrogen and oxygen atoms in total. The van der Waals surface area contributed by atoms with E-state index in [1.165, 1.54) is 22.5 Å². The van der Waals surface area contributed by atoms with Crippen LogP contribution in [0.25, 0.3) is 22.2 Å². The Labute approximate surface area is 192 Å². The number of carbonyl (C=O) groups is 1. The van der Waals surface area contributed by atoms with Crippen LogP contribution in [0.2, 0.25) is 0 Å². The lowest BCUT2D eigenvalue weighted by Crippen LogP contribution is -2.28. The SMILES string of the molecule is C=CCn1c(SCC(=O)NC(C)c2ccc3ccccc3c2)nnc1-c1cccc(C)c1. The Morgan fingerprint density at radius 2 is 1.91 bits per heavy atom. The molecule has 4 rings (SSSR count). The molecular weight excluding hydrogens is 416 g/mol. The molecule has 1 atom stereocenters. The summed E-state index contributed by atoms with van der Waals surface area (Å²) in [4.78, 5) is 12.6. The number of benzene rings is 3. The summed E-state index contributed by atoms with van der Waals surface area (Å²) in [5.41, 5.74) is 3.24. The van der Waals surface area contributed by atoms with Gasteiger partial charge >= 0.3 is 0 Å². The Balaban J connectivity index is 1.43. The minimum Gasteiger partial charge on any atom is -0.349 e. The fourth-order valence-corrected chi connectivity index (χ4v) is 4.42. The molecule has 0 aliphatic carbocycles. The largest absolute Gasteiger partial charge is 0.349 e. The molecule has 4 aromatic rings. The number of aromatic nitrogens is 3. The maximum atomic E-state index is 12.6. The molecule has 1 aromatic heterocycles. The first kappa shape index (κ1) is 21.8. The van der Waals surface area contributed by atoms with Crippen LogP contribution in [0.5, 0.6) is 0 Å². The highest BCUT2D eigenvalue weighted by Gasteiger charge is 2.16. The minimum atomic E-state index is -0.0818. The normalized spacial score (nSPS) is 11.9. The first-order chi connectivity index (χ1) is 15.5. The molecule has 0 spiro atoms. The van der Waals surface area contributed by atoms with E-state index in [1.54, 1.807) is 0 Å². The molecule has 0 saturated carbocycles. The van der Waals surface area contributed by atoms with Crippen molar-refractivity contribution in [1.82, 2.24) is 20.1 Å². The zero-order chi connectivity index (χ0) is 22.5. The fraction of sp³-hybridized carbons (Fsp3) is 0.192. The lowest BCUT2D eigenvalue weighted by molar-refractivity contribution is -0.119. The van der Waals surface area contributed by atoms with Crippen molar-refractivity contribution in [2.24, 2.45) is 0 Å². The Bertz CT molecular complexity index is 1260. The van der Waals surface area contributed by atoms with Crippen LogP contribution in [0.15, 0.2) is 84.5 Å². The summed E-state index contributed by atoms with van der Waals surface area (Å²) in [5, 5.41) is 14.9. The topological polar surface area (TPSA) is 59.8 Å². The van der Waals surface area contributed by atoms with E-state index in [-0.39, 0.29) is 17.7 Å². The predicted octanol–water partition coefficient (Wildman–Crippen LogP) is 5.56. The van der Waals surface area contributed by atoms with Gasteiger partial charge in [0.05, 0.1) is 11.8 Å². The van der Waals surface area contributed by atoms with Gasteiger partial charge in [0.2, 0.25) is 5.91 Å². The molecule has 6 heteroatoms. The van der Waals surface area contributed by atoms with E-state index >= 15 is 0 Å². The summed E-state index contributed by atoms with van der Waals surface area (Å²) in [6.07, 6.45) is 1.81. The fourth-order valence-electron chi connectivity index (χ4n) is 3.66. The third-order valence-corrected chi connectivity index (χ3v) is 6.25. The van der Waals surface area contributed by atoms with Crippen LogP contribution in [0, 0.1) is 6.92 Å². The van der Waals surface area contributed by atoms with Gasteiger partial charge in [0.15, 0.2) is 11.0 Å². The van der Waals surface area contributed by atoms with Crippen molar-refractivity contribution < 1.29 is 4.79 Å². The highest BCUT2D eigenvalue weighted by Crippen LogP contribution is 2.25. The van der Waals surface area contributed by atoms with Crippen molar-refractivity contribution >= 4 is 28.4 Å². The summed E-state index contributed by atoms with van der Waals surface area (Å²) in [7, 11) is 0. The van der Waals surface area contributed by atoms with Crippen LogP contribution >= 0.6 is 11.8 Å². The van der Waals surface area contributed by atoms with Crippen LogP contribution in [0.1, 0.15) is 24.1 Å². The first-order valence-corrected chi connectivity index (χ1v) is 11.6. The molecule has 1 unspecified atom stereocenters. The molecule has 1 N–H and O–H groups in total. The number of carbonyl (C=O) groups excluding carboxylic acids is 1. The summed E-state index contributed by atoms with van der Waals surface area (Å²) < 4.78 is 1.99. The number of hydrogen-bond donors (Lipinski definition) is 1. The summed E-state index contributed by atoms with van der Waals surface area (Å²) in [6.45, 7) is 8.48. The van der Waals surface area contributed by atoms with E-state index in [9.17, 15) is 4.79 Å². The molecule has 0 aliphatic rings. The monoisotopic (exact) mass is 442 g/mol. The zero-order valence-corrected chi connectivity index (χ0v) is 19.1. The number of aryl methyl sites for hydroxylation is 1. The van der Waals surface area contributed by atoms with Crippen molar-refractivity contribution in [3.05, 3.63) is 90.5 Å². The Morgan fingerprint density at radius 3 is 2.69 bits per heavy atom. The van der Waals surface area contributed by atoms with Crippen LogP contribution < -0.4 is 5.32 Å². The molecular formula is C26H26N4OS. The van der Waals surface area contributed by atoms with Crippen LogP contribution in [-0.2, 0) is 11.3 Å². The molecule has 32 heavy (non-hydrogen) atoms. The van der Waals surface area contributed by atoms with Gasteiger partial charge in [0, 0.05) is 12.1 Å². The minimum absolute atomic E-state index is 0.0408. The number of nitrogens with one attached hydrogen (secondary N) is 1. The molecule has 1 amide bonds.